The van der Waals surface area contributed by atoms with Crippen molar-refractivity contribution in [3.8, 4) is 6.07 Å². The van der Waals surface area contributed by atoms with E-state index in [0.29, 0.717) is 11.1 Å². The average molecular weight is 283 g/mol. The lowest BCUT2D eigenvalue weighted by Gasteiger charge is -2.08. The summed E-state index contributed by atoms with van der Waals surface area (Å²) in [6, 6.07) is 4.20. The number of nitro benzene ring substituents is 1. The smallest absolute Gasteiger partial charge is 0.258 e. The lowest BCUT2D eigenvalue weighted by atomic mass is 10.1. The molecule has 19 heavy (non-hydrogen) atoms. The molecule has 7 nitrogen and oxygen atoms in total. The lowest BCUT2D eigenvalue weighted by Crippen LogP contribution is -2.24. The van der Waals surface area contributed by atoms with Gasteiger partial charge in [0.05, 0.1) is 15.9 Å². The van der Waals surface area contributed by atoms with Crippen LogP contribution >= 0.6 is 0 Å². The number of hydrogen-bond donors (Lipinski definition) is 1. The third-order valence-electron chi connectivity index (χ3n) is 2.65. The summed E-state index contributed by atoms with van der Waals surface area (Å²) in [6.45, 7) is 3.14. The first-order chi connectivity index (χ1) is 8.79. The molecule has 0 saturated heterocycles. The Morgan fingerprint density at radius 1 is 1.42 bits per heavy atom. The van der Waals surface area contributed by atoms with Crippen molar-refractivity contribution in [2.45, 2.75) is 25.2 Å². The Bertz CT molecular complexity index is 647. The molecule has 0 fully saturated rings. The second kappa shape index (κ2) is 5.77. The van der Waals surface area contributed by atoms with Gasteiger partial charge in [0, 0.05) is 24.6 Å². The molecule has 1 rings (SSSR count). The van der Waals surface area contributed by atoms with Crippen LogP contribution in [0.15, 0.2) is 17.0 Å². The molecule has 0 atom stereocenters. The second-order valence-electron chi connectivity index (χ2n) is 3.95. The van der Waals surface area contributed by atoms with Gasteiger partial charge in [-0.05, 0) is 25.5 Å². The molecule has 0 saturated carbocycles. The largest absolute Gasteiger partial charge is 0.273 e. The number of nitrogens with one attached hydrogen (secondary N) is 1. The first-order valence-corrected chi connectivity index (χ1v) is 6.90. The van der Waals surface area contributed by atoms with E-state index in [9.17, 15) is 18.5 Å². The molecule has 0 aliphatic carbocycles. The van der Waals surface area contributed by atoms with E-state index in [1.54, 1.807) is 19.9 Å². The molecule has 102 valence electrons. The summed E-state index contributed by atoms with van der Waals surface area (Å²) in [5, 5.41) is 19.2. The quantitative estimate of drug-likeness (QED) is 0.498. The third-order valence-corrected chi connectivity index (χ3v) is 4.09. The van der Waals surface area contributed by atoms with Crippen molar-refractivity contribution in [1.29, 1.82) is 5.26 Å². The summed E-state index contributed by atoms with van der Waals surface area (Å²) in [4.78, 5) is 10.1. The number of nitriles is 1. The number of hydrogen-bond acceptors (Lipinski definition) is 5. The van der Waals surface area contributed by atoms with Crippen molar-refractivity contribution >= 4 is 15.7 Å². The summed E-state index contributed by atoms with van der Waals surface area (Å²) < 4.78 is 26.0. The van der Waals surface area contributed by atoms with Gasteiger partial charge in [0.25, 0.3) is 5.69 Å². The molecule has 0 spiro atoms. The zero-order valence-electron chi connectivity index (χ0n) is 10.5. The summed E-state index contributed by atoms with van der Waals surface area (Å²) in [6.07, 6.45) is 0.0339. The summed E-state index contributed by atoms with van der Waals surface area (Å²) in [7, 11) is -3.83. The van der Waals surface area contributed by atoms with Crippen LogP contribution in [0.3, 0.4) is 0 Å². The van der Waals surface area contributed by atoms with Gasteiger partial charge in [-0.25, -0.2) is 13.1 Å². The molecule has 0 aliphatic rings. The minimum Gasteiger partial charge on any atom is -0.258 e. The summed E-state index contributed by atoms with van der Waals surface area (Å²) in [5.74, 6) is 0. The van der Waals surface area contributed by atoms with Gasteiger partial charge in [0.2, 0.25) is 10.0 Å². The van der Waals surface area contributed by atoms with Gasteiger partial charge < -0.3 is 0 Å². The van der Waals surface area contributed by atoms with E-state index in [4.69, 9.17) is 5.26 Å². The van der Waals surface area contributed by atoms with Crippen molar-refractivity contribution in [1.82, 2.24) is 4.72 Å². The Kier molecular flexibility index (Phi) is 4.58. The summed E-state index contributed by atoms with van der Waals surface area (Å²) in [5.41, 5.74) is 0.719. The number of benzene rings is 1. The molecule has 0 heterocycles. The normalized spacial score (nSPS) is 11.0. The van der Waals surface area contributed by atoms with Crippen LogP contribution in [0.2, 0.25) is 0 Å². The van der Waals surface area contributed by atoms with Crippen molar-refractivity contribution in [2.24, 2.45) is 0 Å². The topological polar surface area (TPSA) is 113 Å². The van der Waals surface area contributed by atoms with Gasteiger partial charge in [0.1, 0.15) is 0 Å². The highest BCUT2D eigenvalue weighted by atomic mass is 32.2. The monoisotopic (exact) mass is 283 g/mol. The molecule has 0 radical (unpaired) electrons. The molecular formula is C11H13N3O4S. The predicted molar refractivity (Wildman–Crippen MR) is 68.0 cm³/mol. The van der Waals surface area contributed by atoms with E-state index in [2.05, 4.69) is 4.72 Å². The minimum atomic E-state index is -3.83. The van der Waals surface area contributed by atoms with Crippen LogP contribution in [0.4, 0.5) is 5.69 Å². The lowest BCUT2D eigenvalue weighted by molar-refractivity contribution is -0.385. The van der Waals surface area contributed by atoms with Crippen molar-refractivity contribution in [3.63, 3.8) is 0 Å². The van der Waals surface area contributed by atoms with Crippen LogP contribution in [-0.4, -0.2) is 19.9 Å². The molecule has 0 amide bonds. The highest BCUT2D eigenvalue weighted by molar-refractivity contribution is 7.89. The van der Waals surface area contributed by atoms with E-state index in [1.165, 1.54) is 6.07 Å². The number of sulfonamides is 1. The molecular weight excluding hydrogens is 270 g/mol. The van der Waals surface area contributed by atoms with Gasteiger partial charge in [0.15, 0.2) is 0 Å². The maximum Gasteiger partial charge on any atom is 0.273 e. The van der Waals surface area contributed by atoms with Crippen LogP contribution < -0.4 is 4.72 Å². The number of nitrogens with zero attached hydrogens (tertiary/aromatic N) is 2. The highest BCUT2D eigenvalue weighted by Crippen LogP contribution is 2.25. The van der Waals surface area contributed by atoms with Gasteiger partial charge in [-0.2, -0.15) is 5.26 Å². The Hall–Kier alpha value is -1.98. The van der Waals surface area contributed by atoms with E-state index in [1.807, 2.05) is 0 Å². The molecule has 1 N–H and O–H groups in total. The van der Waals surface area contributed by atoms with Crippen LogP contribution in [0.1, 0.15) is 17.5 Å². The highest BCUT2D eigenvalue weighted by Gasteiger charge is 2.21. The molecule has 1 aromatic rings. The Morgan fingerprint density at radius 3 is 2.58 bits per heavy atom. The van der Waals surface area contributed by atoms with Gasteiger partial charge in [-0.15, -0.1) is 0 Å². The van der Waals surface area contributed by atoms with Gasteiger partial charge in [-0.1, -0.05) is 0 Å². The maximum absolute atomic E-state index is 11.9. The van der Waals surface area contributed by atoms with Crippen LogP contribution in [0.5, 0.6) is 0 Å². The van der Waals surface area contributed by atoms with E-state index in [0.717, 1.165) is 6.07 Å². The van der Waals surface area contributed by atoms with Crippen molar-refractivity contribution in [3.05, 3.63) is 33.4 Å². The molecule has 0 aromatic heterocycles. The Labute approximate surface area is 111 Å². The van der Waals surface area contributed by atoms with Crippen molar-refractivity contribution in [2.75, 3.05) is 6.54 Å². The van der Waals surface area contributed by atoms with Crippen LogP contribution in [0, 0.1) is 35.3 Å². The number of nitro groups is 1. The molecule has 0 unspecified atom stereocenters. The standard InChI is InChI=1S/C11H13N3O4S/c1-8-6-10(7-11(9(8)2)14(15)16)19(17,18)13-5-3-4-12/h6-7,13H,3,5H2,1-2H3. The second-order valence-corrected chi connectivity index (χ2v) is 5.71. The van der Waals surface area contributed by atoms with Crippen LogP contribution in [0.25, 0.3) is 0 Å². The SMILES string of the molecule is Cc1cc(S(=O)(=O)NCCC#N)cc([N+](=O)[O-])c1C. The van der Waals surface area contributed by atoms with Gasteiger partial charge >= 0.3 is 0 Å². The van der Waals surface area contributed by atoms with E-state index >= 15 is 0 Å². The fraction of sp³-hybridized carbons (Fsp3) is 0.364. The zero-order chi connectivity index (χ0) is 14.6. The molecule has 1 aromatic carbocycles. The molecule has 0 aliphatic heterocycles. The fourth-order valence-corrected chi connectivity index (χ4v) is 2.61. The predicted octanol–water partition coefficient (Wildman–Crippen LogP) is 1.40. The number of rotatable bonds is 5. The minimum absolute atomic E-state index is 0.0282. The maximum atomic E-state index is 11.9. The van der Waals surface area contributed by atoms with E-state index < -0.39 is 14.9 Å². The first kappa shape index (κ1) is 15.1. The van der Waals surface area contributed by atoms with Gasteiger partial charge in [-0.3, -0.25) is 10.1 Å². The summed E-state index contributed by atoms with van der Waals surface area (Å²) >= 11 is 0. The van der Waals surface area contributed by atoms with Crippen molar-refractivity contribution < 1.29 is 13.3 Å². The van der Waals surface area contributed by atoms with Crippen LogP contribution in [-0.2, 0) is 10.0 Å². The number of aryl methyl sites for hydroxylation is 1. The molecule has 0 bridgehead atoms. The molecule has 8 heteroatoms. The Balaban J connectivity index is 3.22. The third kappa shape index (κ3) is 3.49. The fourth-order valence-electron chi connectivity index (χ4n) is 1.48. The van der Waals surface area contributed by atoms with E-state index in [-0.39, 0.29) is 23.5 Å². The Morgan fingerprint density at radius 2 is 2.05 bits per heavy atom. The zero-order valence-corrected chi connectivity index (χ0v) is 11.3. The first-order valence-electron chi connectivity index (χ1n) is 5.42. The average Bonchev–Trinajstić information content (AvgIpc) is 2.32.